The molecule has 3 heterocycles. The second kappa shape index (κ2) is 9.75. The molecular formula is C27H25ClFN5O2. The van der Waals surface area contributed by atoms with E-state index in [0.29, 0.717) is 40.0 Å². The fourth-order valence-corrected chi connectivity index (χ4v) is 5.41. The Kier molecular flexibility index (Phi) is 6.50. The maximum atomic E-state index is 13.8. The van der Waals surface area contributed by atoms with Crippen LogP contribution in [0.5, 0.6) is 0 Å². The fourth-order valence-electron chi connectivity index (χ4n) is 5.20. The summed E-state index contributed by atoms with van der Waals surface area (Å²) in [5.41, 5.74) is 1.93. The Morgan fingerprint density at radius 3 is 2.53 bits per heavy atom. The van der Waals surface area contributed by atoms with Crippen LogP contribution in [0.3, 0.4) is 0 Å². The summed E-state index contributed by atoms with van der Waals surface area (Å²) in [4.78, 5) is 31.2. The quantitative estimate of drug-likeness (QED) is 0.533. The lowest BCUT2D eigenvalue weighted by Crippen LogP contribution is -2.28. The van der Waals surface area contributed by atoms with Crippen LogP contribution in [0.2, 0.25) is 5.02 Å². The van der Waals surface area contributed by atoms with Gasteiger partial charge in [0.2, 0.25) is 5.91 Å². The van der Waals surface area contributed by atoms with Gasteiger partial charge in [-0.2, -0.15) is 5.10 Å². The van der Waals surface area contributed by atoms with Crippen molar-refractivity contribution in [3.63, 3.8) is 0 Å². The first kappa shape index (κ1) is 24.0. The van der Waals surface area contributed by atoms with E-state index in [1.807, 2.05) is 11.8 Å². The fraction of sp³-hybridized carbons (Fsp3) is 0.333. The van der Waals surface area contributed by atoms with Gasteiger partial charge >= 0.3 is 0 Å². The zero-order chi connectivity index (χ0) is 25.4. The zero-order valence-electron chi connectivity index (χ0n) is 20.0. The average molecular weight is 506 g/mol. The van der Waals surface area contributed by atoms with Gasteiger partial charge in [-0.05, 0) is 55.4 Å². The number of aryl methyl sites for hydroxylation is 1. The molecule has 0 spiro atoms. The van der Waals surface area contributed by atoms with Gasteiger partial charge in [-0.3, -0.25) is 14.3 Å². The molecule has 0 radical (unpaired) electrons. The molecule has 9 heteroatoms. The molecule has 1 aromatic carbocycles. The number of nitrogens with zero attached hydrogens (tertiary/aromatic N) is 4. The molecule has 5 rings (SSSR count). The van der Waals surface area contributed by atoms with E-state index in [9.17, 15) is 14.0 Å². The number of hydrogen-bond acceptors (Lipinski definition) is 4. The van der Waals surface area contributed by atoms with Crippen LogP contribution in [0.15, 0.2) is 42.7 Å². The zero-order valence-corrected chi connectivity index (χ0v) is 20.7. The Hall–Kier alpha value is -3.70. The number of halogens is 2. The number of nitrogens with one attached hydrogen (secondary N) is 1. The van der Waals surface area contributed by atoms with Gasteiger partial charge in [-0.15, -0.1) is 0 Å². The van der Waals surface area contributed by atoms with E-state index in [0.717, 1.165) is 25.9 Å². The lowest BCUT2D eigenvalue weighted by molar-refractivity contribution is -0.128. The van der Waals surface area contributed by atoms with Crippen molar-refractivity contribution in [1.29, 1.82) is 0 Å². The van der Waals surface area contributed by atoms with Crippen LogP contribution in [0.4, 0.5) is 10.2 Å². The van der Waals surface area contributed by atoms with Crippen molar-refractivity contribution in [3.05, 3.63) is 75.9 Å². The Morgan fingerprint density at radius 2 is 1.86 bits per heavy atom. The van der Waals surface area contributed by atoms with Gasteiger partial charge in [0.15, 0.2) is 0 Å². The van der Waals surface area contributed by atoms with Gasteiger partial charge in [0.05, 0.1) is 22.8 Å². The molecule has 2 amide bonds. The number of carbonyl (C=O) groups is 2. The summed E-state index contributed by atoms with van der Waals surface area (Å²) in [5, 5.41) is 7.53. The van der Waals surface area contributed by atoms with Crippen molar-refractivity contribution in [2.24, 2.45) is 11.8 Å². The summed E-state index contributed by atoms with van der Waals surface area (Å²) < 4.78 is 15.5. The minimum atomic E-state index is -0.388. The molecule has 2 fully saturated rings. The molecule has 2 aromatic heterocycles. The summed E-state index contributed by atoms with van der Waals surface area (Å²) in [7, 11) is 0. The summed E-state index contributed by atoms with van der Waals surface area (Å²) in [6.45, 7) is 4.92. The number of likely N-dealkylation sites (tertiary alicyclic amines) is 1. The molecule has 1 N–H and O–H groups in total. The number of rotatable bonds is 3. The Morgan fingerprint density at radius 1 is 1.14 bits per heavy atom. The van der Waals surface area contributed by atoms with E-state index in [4.69, 9.17) is 11.6 Å². The van der Waals surface area contributed by atoms with Crippen LogP contribution in [-0.2, 0) is 4.79 Å². The van der Waals surface area contributed by atoms with Gasteiger partial charge < -0.3 is 10.2 Å². The minimum absolute atomic E-state index is 0.0486. The van der Waals surface area contributed by atoms with Gasteiger partial charge in [0.1, 0.15) is 17.3 Å². The van der Waals surface area contributed by atoms with Gasteiger partial charge in [0.25, 0.3) is 5.91 Å². The summed E-state index contributed by atoms with van der Waals surface area (Å²) >= 11 is 6.38. The SMILES string of the molecule is CC(=O)N1C[C@H]2C[C@H](n3ncc(Cl)c3C(=O)Nc3ncc(C#Cc4ccccc4F)cc3C)C[C@H]2C1. The largest absolute Gasteiger partial charge is 0.342 e. The van der Waals surface area contributed by atoms with Crippen LogP contribution in [-0.4, -0.2) is 44.6 Å². The highest BCUT2D eigenvalue weighted by atomic mass is 35.5. The first-order valence-electron chi connectivity index (χ1n) is 11.8. The third-order valence-electron chi connectivity index (χ3n) is 7.01. The smallest absolute Gasteiger partial charge is 0.276 e. The van der Waals surface area contributed by atoms with Gasteiger partial charge in [-0.25, -0.2) is 9.37 Å². The summed E-state index contributed by atoms with van der Waals surface area (Å²) in [6.07, 6.45) is 4.72. The predicted molar refractivity (Wildman–Crippen MR) is 134 cm³/mol. The molecule has 1 aliphatic carbocycles. The highest BCUT2D eigenvalue weighted by molar-refractivity contribution is 6.34. The van der Waals surface area contributed by atoms with Crippen molar-refractivity contribution in [3.8, 4) is 11.8 Å². The monoisotopic (exact) mass is 505 g/mol. The number of amides is 2. The molecule has 3 aromatic rings. The minimum Gasteiger partial charge on any atom is -0.342 e. The van der Waals surface area contributed by atoms with Crippen LogP contribution < -0.4 is 5.32 Å². The average Bonchev–Trinajstić information content (AvgIpc) is 3.53. The van der Waals surface area contributed by atoms with E-state index in [2.05, 4.69) is 27.2 Å². The number of fused-ring (bicyclic) bond motifs is 1. The van der Waals surface area contributed by atoms with Crippen LogP contribution >= 0.6 is 11.6 Å². The van der Waals surface area contributed by atoms with Crippen molar-refractivity contribution < 1.29 is 14.0 Å². The molecule has 7 nitrogen and oxygen atoms in total. The third kappa shape index (κ3) is 4.71. The van der Waals surface area contributed by atoms with Gasteiger partial charge in [0, 0.05) is 31.8 Å². The molecule has 0 bridgehead atoms. The molecule has 184 valence electrons. The maximum absolute atomic E-state index is 13.8. The number of benzene rings is 1. The topological polar surface area (TPSA) is 80.1 Å². The molecule has 0 unspecified atom stereocenters. The lowest BCUT2D eigenvalue weighted by Gasteiger charge is -2.19. The Balaban J connectivity index is 1.30. The van der Waals surface area contributed by atoms with Crippen molar-refractivity contribution in [2.45, 2.75) is 32.7 Å². The number of aromatic nitrogens is 3. The summed E-state index contributed by atoms with van der Waals surface area (Å²) in [5.74, 6) is 6.25. The van der Waals surface area contributed by atoms with Crippen molar-refractivity contribution >= 4 is 29.2 Å². The van der Waals surface area contributed by atoms with Crippen molar-refractivity contribution in [2.75, 3.05) is 18.4 Å². The van der Waals surface area contributed by atoms with E-state index in [1.54, 1.807) is 35.9 Å². The summed E-state index contributed by atoms with van der Waals surface area (Å²) in [6, 6.07) is 8.15. The first-order chi connectivity index (χ1) is 17.3. The Labute approximate surface area is 213 Å². The molecule has 1 saturated carbocycles. The number of anilines is 1. The highest BCUT2D eigenvalue weighted by Gasteiger charge is 2.43. The van der Waals surface area contributed by atoms with Crippen LogP contribution in [0.25, 0.3) is 0 Å². The molecule has 2 aliphatic rings. The molecule has 36 heavy (non-hydrogen) atoms. The highest BCUT2D eigenvalue weighted by Crippen LogP contribution is 2.44. The molecule has 1 saturated heterocycles. The van der Waals surface area contributed by atoms with E-state index in [-0.39, 0.29) is 28.7 Å². The number of pyridine rings is 1. The second-order valence-corrected chi connectivity index (χ2v) is 9.84. The normalized spacial score (nSPS) is 20.6. The third-order valence-corrected chi connectivity index (χ3v) is 7.29. The maximum Gasteiger partial charge on any atom is 0.276 e. The Bertz CT molecular complexity index is 1390. The second-order valence-electron chi connectivity index (χ2n) is 9.43. The van der Waals surface area contributed by atoms with E-state index >= 15 is 0 Å². The number of hydrogen-bond donors (Lipinski definition) is 1. The number of carbonyl (C=O) groups excluding carboxylic acids is 2. The lowest BCUT2D eigenvalue weighted by atomic mass is 10.0. The molecule has 1 aliphatic heterocycles. The molecular weight excluding hydrogens is 481 g/mol. The predicted octanol–water partition coefficient (Wildman–Crippen LogP) is 4.46. The first-order valence-corrected chi connectivity index (χ1v) is 12.2. The van der Waals surface area contributed by atoms with Crippen molar-refractivity contribution in [1.82, 2.24) is 19.7 Å². The van der Waals surface area contributed by atoms with Gasteiger partial charge in [-0.1, -0.05) is 35.6 Å². The van der Waals surface area contributed by atoms with E-state index < -0.39 is 0 Å². The van der Waals surface area contributed by atoms with Crippen LogP contribution in [0, 0.1) is 36.4 Å². The van der Waals surface area contributed by atoms with Crippen LogP contribution in [0.1, 0.15) is 53.0 Å². The molecule has 3 atom stereocenters. The standard InChI is InChI=1S/C27H25ClFN5O2/c1-16-9-18(7-8-19-5-3-4-6-24(19)29)12-30-26(16)32-27(36)25-23(28)13-31-34(25)22-10-20-14-33(17(2)35)15-21(20)11-22/h3-6,9,12-13,20-22H,10-11,14-15H2,1-2H3,(H,30,32,36)/t20-,21+,22+. The van der Waals surface area contributed by atoms with E-state index in [1.165, 1.54) is 18.5 Å².